The third-order valence-electron chi connectivity index (χ3n) is 3.99. The standard InChI is InChI=1S/C20H18F2N2O5/c1-26-17-8-3-5-12(18(17)27-2)10-23-20(25)16-9-13(29-24-16)11-28-19-14(21)6-4-7-15(19)22/h3-9H,10-11H2,1-2H3,(H,23,25). The number of halogens is 2. The predicted molar refractivity (Wildman–Crippen MR) is 97.9 cm³/mol. The largest absolute Gasteiger partial charge is 0.493 e. The molecule has 0 fully saturated rings. The van der Waals surface area contributed by atoms with E-state index in [0.29, 0.717) is 17.1 Å². The van der Waals surface area contributed by atoms with Gasteiger partial charge in [-0.2, -0.15) is 0 Å². The smallest absolute Gasteiger partial charge is 0.273 e. The molecule has 0 saturated heterocycles. The molecule has 0 aliphatic heterocycles. The second-order valence-corrected chi connectivity index (χ2v) is 5.85. The summed E-state index contributed by atoms with van der Waals surface area (Å²) in [7, 11) is 3.03. The molecule has 0 unspecified atom stereocenters. The first-order chi connectivity index (χ1) is 14.0. The Morgan fingerprint density at radius 2 is 1.79 bits per heavy atom. The van der Waals surface area contributed by atoms with Gasteiger partial charge in [0, 0.05) is 18.2 Å². The maximum Gasteiger partial charge on any atom is 0.273 e. The number of amides is 1. The average molecular weight is 404 g/mol. The zero-order valence-corrected chi connectivity index (χ0v) is 15.7. The van der Waals surface area contributed by atoms with Gasteiger partial charge >= 0.3 is 0 Å². The van der Waals surface area contributed by atoms with Gasteiger partial charge in [0.1, 0.15) is 6.61 Å². The molecule has 29 heavy (non-hydrogen) atoms. The SMILES string of the molecule is COc1cccc(CNC(=O)c2cc(COc3c(F)cccc3F)on2)c1OC. The highest BCUT2D eigenvalue weighted by molar-refractivity contribution is 5.92. The molecule has 1 heterocycles. The van der Waals surface area contributed by atoms with E-state index in [1.54, 1.807) is 18.2 Å². The molecule has 0 atom stereocenters. The summed E-state index contributed by atoms with van der Waals surface area (Å²) in [6.07, 6.45) is 0. The molecule has 0 saturated carbocycles. The highest BCUT2D eigenvalue weighted by atomic mass is 19.1. The van der Waals surface area contributed by atoms with Gasteiger partial charge in [0.15, 0.2) is 40.3 Å². The van der Waals surface area contributed by atoms with Crippen LogP contribution in [0, 0.1) is 11.6 Å². The highest BCUT2D eigenvalue weighted by Crippen LogP contribution is 2.30. The van der Waals surface area contributed by atoms with Gasteiger partial charge in [-0.15, -0.1) is 0 Å². The van der Waals surface area contributed by atoms with Crippen LogP contribution in [-0.2, 0) is 13.2 Å². The summed E-state index contributed by atoms with van der Waals surface area (Å²) < 4.78 is 47.8. The number of methoxy groups -OCH3 is 2. The Morgan fingerprint density at radius 3 is 2.48 bits per heavy atom. The predicted octanol–water partition coefficient (Wildman–Crippen LogP) is 3.48. The van der Waals surface area contributed by atoms with Gasteiger partial charge in [-0.25, -0.2) is 8.78 Å². The van der Waals surface area contributed by atoms with E-state index in [0.717, 1.165) is 12.1 Å². The van der Waals surface area contributed by atoms with Crippen molar-refractivity contribution in [3.05, 3.63) is 71.1 Å². The summed E-state index contributed by atoms with van der Waals surface area (Å²) in [4.78, 5) is 12.3. The summed E-state index contributed by atoms with van der Waals surface area (Å²) in [5, 5.41) is 6.34. The first-order valence-electron chi connectivity index (χ1n) is 8.54. The monoisotopic (exact) mass is 404 g/mol. The zero-order valence-electron chi connectivity index (χ0n) is 15.7. The molecule has 0 bridgehead atoms. The Kier molecular flexibility index (Phi) is 6.28. The molecule has 0 aliphatic carbocycles. The number of rotatable bonds is 8. The van der Waals surface area contributed by atoms with E-state index in [9.17, 15) is 13.6 Å². The zero-order chi connectivity index (χ0) is 20.8. The van der Waals surface area contributed by atoms with Crippen LogP contribution >= 0.6 is 0 Å². The minimum absolute atomic E-state index is 0.000492. The molecule has 0 radical (unpaired) electrons. The molecule has 3 rings (SSSR count). The van der Waals surface area contributed by atoms with E-state index < -0.39 is 23.3 Å². The number of ether oxygens (including phenoxy) is 3. The fourth-order valence-electron chi connectivity index (χ4n) is 2.61. The molecular formula is C20H18F2N2O5. The van der Waals surface area contributed by atoms with Crippen molar-refractivity contribution in [3.8, 4) is 17.2 Å². The summed E-state index contributed by atoms with van der Waals surface area (Å²) >= 11 is 0. The summed E-state index contributed by atoms with van der Waals surface area (Å²) in [5.74, 6) is -1.51. The lowest BCUT2D eigenvalue weighted by atomic mass is 10.2. The van der Waals surface area contributed by atoms with Crippen LogP contribution < -0.4 is 19.5 Å². The Labute approximate surface area is 165 Å². The second-order valence-electron chi connectivity index (χ2n) is 5.85. The summed E-state index contributed by atoms with van der Waals surface area (Å²) in [5.41, 5.74) is 0.710. The van der Waals surface area contributed by atoms with E-state index in [2.05, 4.69) is 10.5 Å². The van der Waals surface area contributed by atoms with Crippen molar-refractivity contribution >= 4 is 5.91 Å². The first-order valence-corrected chi connectivity index (χ1v) is 8.54. The lowest BCUT2D eigenvalue weighted by molar-refractivity contribution is 0.0941. The van der Waals surface area contributed by atoms with Gasteiger partial charge < -0.3 is 24.1 Å². The van der Waals surface area contributed by atoms with Crippen molar-refractivity contribution < 1.29 is 32.3 Å². The number of nitrogens with one attached hydrogen (secondary N) is 1. The number of carbonyl (C=O) groups excluding carboxylic acids is 1. The number of hydrogen-bond acceptors (Lipinski definition) is 6. The van der Waals surface area contributed by atoms with Crippen LogP contribution in [0.4, 0.5) is 8.78 Å². The van der Waals surface area contributed by atoms with Crippen molar-refractivity contribution in [2.45, 2.75) is 13.2 Å². The molecule has 9 heteroatoms. The van der Waals surface area contributed by atoms with E-state index in [-0.39, 0.29) is 24.6 Å². The molecule has 152 valence electrons. The van der Waals surface area contributed by atoms with Crippen molar-refractivity contribution in [1.29, 1.82) is 0 Å². The maximum absolute atomic E-state index is 13.6. The number of hydrogen-bond donors (Lipinski definition) is 1. The van der Waals surface area contributed by atoms with Crippen LogP contribution in [-0.4, -0.2) is 25.3 Å². The molecule has 1 amide bonds. The Morgan fingerprint density at radius 1 is 1.07 bits per heavy atom. The minimum atomic E-state index is -0.838. The number of benzene rings is 2. The molecule has 0 spiro atoms. The van der Waals surface area contributed by atoms with Gasteiger partial charge in [0.05, 0.1) is 14.2 Å². The third-order valence-corrected chi connectivity index (χ3v) is 3.99. The van der Waals surface area contributed by atoms with Gasteiger partial charge in [-0.1, -0.05) is 23.4 Å². The minimum Gasteiger partial charge on any atom is -0.493 e. The molecular weight excluding hydrogens is 386 g/mol. The molecule has 3 aromatic rings. The number of para-hydroxylation sites is 2. The summed E-state index contributed by atoms with van der Waals surface area (Å²) in [6, 6.07) is 10.0. The van der Waals surface area contributed by atoms with Crippen LogP contribution in [0.5, 0.6) is 17.2 Å². The number of carbonyl (C=O) groups is 1. The number of aromatic nitrogens is 1. The lowest BCUT2D eigenvalue weighted by Gasteiger charge is -2.12. The Balaban J connectivity index is 1.61. The van der Waals surface area contributed by atoms with Crippen LogP contribution in [0.2, 0.25) is 0 Å². The van der Waals surface area contributed by atoms with Crippen LogP contribution in [0.3, 0.4) is 0 Å². The fourth-order valence-corrected chi connectivity index (χ4v) is 2.61. The van der Waals surface area contributed by atoms with Crippen LogP contribution in [0.25, 0.3) is 0 Å². The van der Waals surface area contributed by atoms with E-state index in [4.69, 9.17) is 18.7 Å². The first kappa shape index (κ1) is 20.1. The molecule has 1 N–H and O–H groups in total. The molecule has 0 aliphatic rings. The normalized spacial score (nSPS) is 10.5. The Hall–Kier alpha value is -3.62. The van der Waals surface area contributed by atoms with Crippen LogP contribution in [0.15, 0.2) is 47.0 Å². The topological polar surface area (TPSA) is 82.8 Å². The average Bonchev–Trinajstić information content (AvgIpc) is 3.20. The van der Waals surface area contributed by atoms with Crippen molar-refractivity contribution in [1.82, 2.24) is 10.5 Å². The van der Waals surface area contributed by atoms with Gasteiger partial charge in [0.2, 0.25) is 0 Å². The van der Waals surface area contributed by atoms with E-state index >= 15 is 0 Å². The lowest BCUT2D eigenvalue weighted by Crippen LogP contribution is -2.23. The number of nitrogens with zero attached hydrogens (tertiary/aromatic N) is 1. The van der Waals surface area contributed by atoms with Gasteiger partial charge in [-0.05, 0) is 18.2 Å². The van der Waals surface area contributed by atoms with Crippen LogP contribution in [0.1, 0.15) is 21.8 Å². The van der Waals surface area contributed by atoms with E-state index in [1.165, 1.54) is 26.4 Å². The van der Waals surface area contributed by atoms with Gasteiger partial charge in [-0.3, -0.25) is 4.79 Å². The Bertz CT molecular complexity index is 986. The molecule has 1 aromatic heterocycles. The van der Waals surface area contributed by atoms with Gasteiger partial charge in [0.25, 0.3) is 5.91 Å². The third kappa shape index (κ3) is 4.63. The van der Waals surface area contributed by atoms with Crippen molar-refractivity contribution in [2.75, 3.05) is 14.2 Å². The maximum atomic E-state index is 13.6. The quantitative estimate of drug-likeness (QED) is 0.619. The highest BCUT2D eigenvalue weighted by Gasteiger charge is 2.16. The van der Waals surface area contributed by atoms with E-state index in [1.807, 2.05) is 0 Å². The second kappa shape index (κ2) is 9.05. The van der Waals surface area contributed by atoms with Crippen molar-refractivity contribution in [2.24, 2.45) is 0 Å². The van der Waals surface area contributed by atoms with Crippen molar-refractivity contribution in [3.63, 3.8) is 0 Å². The molecule has 2 aromatic carbocycles. The summed E-state index contributed by atoms with van der Waals surface area (Å²) in [6.45, 7) is -0.125. The fraction of sp³-hybridized carbons (Fsp3) is 0.200. The molecule has 7 nitrogen and oxygen atoms in total.